The highest BCUT2D eigenvalue weighted by Crippen LogP contribution is 2.31. The van der Waals surface area contributed by atoms with Crippen LogP contribution in [0.3, 0.4) is 0 Å². The van der Waals surface area contributed by atoms with Gasteiger partial charge in [-0.15, -0.1) is 0 Å². The monoisotopic (exact) mass is 366 g/mol. The quantitative estimate of drug-likeness (QED) is 0.563. The first-order valence-electron chi connectivity index (χ1n) is 8.13. The lowest BCUT2D eigenvalue weighted by molar-refractivity contribution is 0.111. The van der Waals surface area contributed by atoms with Crippen LogP contribution in [-0.2, 0) is 6.61 Å². The van der Waals surface area contributed by atoms with Crippen LogP contribution in [0.4, 0.5) is 0 Å². The molecule has 0 unspecified atom stereocenters. The minimum Gasteiger partial charge on any atom is -0.488 e. The van der Waals surface area contributed by atoms with Gasteiger partial charge in [0.25, 0.3) is 0 Å². The Morgan fingerprint density at radius 2 is 1.56 bits per heavy atom. The molecule has 1 heterocycles. The van der Waals surface area contributed by atoms with Crippen LogP contribution < -0.4 is 18.9 Å². The summed E-state index contributed by atoms with van der Waals surface area (Å²) in [6.45, 7) is 0.328. The molecule has 0 fully saturated rings. The molecule has 27 heavy (non-hydrogen) atoms. The topological polar surface area (TPSA) is 79.8 Å². The molecule has 7 heteroatoms. The second kappa shape index (κ2) is 8.66. The number of aromatic nitrogens is 2. The highest BCUT2D eigenvalue weighted by Gasteiger charge is 2.14. The zero-order valence-corrected chi connectivity index (χ0v) is 14.9. The molecule has 0 aliphatic rings. The molecule has 3 aromatic rings. The van der Waals surface area contributed by atoms with Gasteiger partial charge in [0, 0.05) is 0 Å². The largest absolute Gasteiger partial charge is 0.488 e. The average Bonchev–Trinajstić information content (AvgIpc) is 2.72. The van der Waals surface area contributed by atoms with Crippen molar-refractivity contribution in [2.75, 3.05) is 14.2 Å². The van der Waals surface area contributed by atoms with E-state index in [2.05, 4.69) is 9.97 Å². The zero-order chi connectivity index (χ0) is 19.1. The highest BCUT2D eigenvalue weighted by atomic mass is 16.5. The maximum absolute atomic E-state index is 11.6. The van der Waals surface area contributed by atoms with E-state index in [-0.39, 0.29) is 29.1 Å². The maximum Gasteiger partial charge on any atom is 0.328 e. The van der Waals surface area contributed by atoms with Gasteiger partial charge in [0.15, 0.2) is 6.29 Å². The number of nitrogens with zero attached hydrogens (tertiary/aromatic N) is 2. The van der Waals surface area contributed by atoms with Crippen molar-refractivity contribution in [3.05, 3.63) is 65.7 Å². The molecule has 138 valence electrons. The van der Waals surface area contributed by atoms with Crippen LogP contribution in [0.15, 0.2) is 54.6 Å². The van der Waals surface area contributed by atoms with Crippen LogP contribution in [0.25, 0.3) is 0 Å². The van der Waals surface area contributed by atoms with Crippen molar-refractivity contribution in [1.29, 1.82) is 0 Å². The van der Waals surface area contributed by atoms with Gasteiger partial charge in [-0.25, -0.2) is 0 Å². The van der Waals surface area contributed by atoms with Crippen LogP contribution in [0.2, 0.25) is 0 Å². The third-order valence-corrected chi connectivity index (χ3v) is 3.66. The van der Waals surface area contributed by atoms with E-state index in [1.165, 1.54) is 20.3 Å². The van der Waals surface area contributed by atoms with Crippen molar-refractivity contribution in [2.45, 2.75) is 6.61 Å². The fourth-order valence-corrected chi connectivity index (χ4v) is 2.33. The molecule has 0 aliphatic heterocycles. The summed E-state index contributed by atoms with van der Waals surface area (Å²) in [5.74, 6) is 1.23. The van der Waals surface area contributed by atoms with Gasteiger partial charge in [-0.05, 0) is 17.7 Å². The first-order chi connectivity index (χ1) is 13.2. The number of ether oxygens (including phenoxy) is 4. The molecule has 0 N–H and O–H groups in total. The molecule has 0 aliphatic carbocycles. The van der Waals surface area contributed by atoms with Crippen LogP contribution in [-0.4, -0.2) is 30.5 Å². The number of aldehydes is 1. The summed E-state index contributed by atoms with van der Waals surface area (Å²) in [5, 5.41) is 0. The Kier molecular flexibility index (Phi) is 5.84. The molecule has 0 bridgehead atoms. The number of carbonyl (C=O) groups excluding carboxylic acids is 1. The molecule has 0 saturated carbocycles. The number of methoxy groups -OCH3 is 2. The molecule has 0 amide bonds. The predicted molar refractivity (Wildman–Crippen MR) is 97.8 cm³/mol. The Labute approximate surface area is 156 Å². The summed E-state index contributed by atoms with van der Waals surface area (Å²) in [6.07, 6.45) is 0.674. The minimum atomic E-state index is -0.00508. The van der Waals surface area contributed by atoms with Crippen LogP contribution in [0, 0.1) is 0 Å². The third-order valence-electron chi connectivity index (χ3n) is 3.66. The summed E-state index contributed by atoms with van der Waals surface area (Å²) in [4.78, 5) is 19.8. The van der Waals surface area contributed by atoms with Gasteiger partial charge in [-0.3, -0.25) is 4.79 Å². The van der Waals surface area contributed by atoms with Crippen LogP contribution in [0.5, 0.6) is 29.3 Å². The summed E-state index contributed by atoms with van der Waals surface area (Å²) in [7, 11) is 2.95. The third kappa shape index (κ3) is 4.52. The molecule has 3 rings (SSSR count). The number of rotatable bonds is 8. The number of carbonyl (C=O) groups is 1. The van der Waals surface area contributed by atoms with E-state index in [1.807, 2.05) is 30.3 Å². The number of hydrogen-bond acceptors (Lipinski definition) is 7. The summed E-state index contributed by atoms with van der Waals surface area (Å²) in [6, 6.07) is 16.2. The highest BCUT2D eigenvalue weighted by molar-refractivity contribution is 5.83. The van der Waals surface area contributed by atoms with E-state index in [1.54, 1.807) is 18.2 Å². The minimum absolute atomic E-state index is 0.00508. The lowest BCUT2D eigenvalue weighted by Crippen LogP contribution is -2.02. The molecular formula is C20H18N2O5. The smallest absolute Gasteiger partial charge is 0.328 e. The molecule has 0 atom stereocenters. The van der Waals surface area contributed by atoms with Crippen molar-refractivity contribution in [3.63, 3.8) is 0 Å². The van der Waals surface area contributed by atoms with E-state index in [4.69, 9.17) is 18.9 Å². The molecule has 1 aromatic heterocycles. The normalized spacial score (nSPS) is 10.1. The van der Waals surface area contributed by atoms with Crippen LogP contribution in [0.1, 0.15) is 15.9 Å². The Hall–Kier alpha value is -3.61. The van der Waals surface area contributed by atoms with Crippen molar-refractivity contribution in [1.82, 2.24) is 9.97 Å². The van der Waals surface area contributed by atoms with E-state index in [0.717, 1.165) is 5.56 Å². The zero-order valence-electron chi connectivity index (χ0n) is 14.9. The Morgan fingerprint density at radius 3 is 2.19 bits per heavy atom. The van der Waals surface area contributed by atoms with Gasteiger partial charge < -0.3 is 18.9 Å². The SMILES string of the molecule is COc1cc(OC)nc(Oc2cccc(OCc3ccccc3)c2C=O)n1. The van der Waals surface area contributed by atoms with E-state index in [0.29, 0.717) is 18.6 Å². The fraction of sp³-hybridized carbons (Fsp3) is 0.150. The van der Waals surface area contributed by atoms with E-state index >= 15 is 0 Å². The second-order valence-electron chi connectivity index (χ2n) is 5.40. The molecule has 2 aromatic carbocycles. The molecule has 0 spiro atoms. The van der Waals surface area contributed by atoms with Crippen molar-refractivity contribution < 1.29 is 23.7 Å². The summed E-state index contributed by atoms with van der Waals surface area (Å²) >= 11 is 0. The summed E-state index contributed by atoms with van der Waals surface area (Å²) in [5.41, 5.74) is 1.25. The van der Waals surface area contributed by atoms with Crippen LogP contribution >= 0.6 is 0 Å². The van der Waals surface area contributed by atoms with Gasteiger partial charge in [0.1, 0.15) is 18.1 Å². The van der Waals surface area contributed by atoms with E-state index < -0.39 is 0 Å². The predicted octanol–water partition coefficient (Wildman–Crippen LogP) is 3.68. The molecule has 0 saturated heterocycles. The number of benzene rings is 2. The van der Waals surface area contributed by atoms with Crippen molar-refractivity contribution >= 4 is 6.29 Å². The molecule has 7 nitrogen and oxygen atoms in total. The number of hydrogen-bond donors (Lipinski definition) is 0. The lowest BCUT2D eigenvalue weighted by Gasteiger charge is -2.12. The first kappa shape index (κ1) is 18.2. The van der Waals surface area contributed by atoms with Gasteiger partial charge in [-0.1, -0.05) is 36.4 Å². The Bertz CT molecular complexity index is 893. The van der Waals surface area contributed by atoms with E-state index in [9.17, 15) is 4.79 Å². The van der Waals surface area contributed by atoms with Gasteiger partial charge >= 0.3 is 6.01 Å². The Morgan fingerprint density at radius 1 is 0.889 bits per heavy atom. The maximum atomic E-state index is 11.6. The standard InChI is InChI=1S/C20H18N2O5/c1-24-18-11-19(25-2)22-20(21-18)27-17-10-6-9-16(15(17)12-23)26-13-14-7-4-3-5-8-14/h3-12H,13H2,1-2H3. The fourth-order valence-electron chi connectivity index (χ4n) is 2.33. The van der Waals surface area contributed by atoms with Crippen molar-refractivity contribution in [2.24, 2.45) is 0 Å². The van der Waals surface area contributed by atoms with Gasteiger partial charge in [0.2, 0.25) is 11.8 Å². The second-order valence-corrected chi connectivity index (χ2v) is 5.40. The van der Waals surface area contributed by atoms with Gasteiger partial charge in [-0.2, -0.15) is 9.97 Å². The van der Waals surface area contributed by atoms with Gasteiger partial charge in [0.05, 0.1) is 25.8 Å². The average molecular weight is 366 g/mol. The Balaban J connectivity index is 1.85. The summed E-state index contributed by atoms with van der Waals surface area (Å²) < 4.78 is 21.7. The lowest BCUT2D eigenvalue weighted by atomic mass is 10.2. The molecule has 0 radical (unpaired) electrons. The first-order valence-corrected chi connectivity index (χ1v) is 8.13. The van der Waals surface area contributed by atoms with Crippen molar-refractivity contribution in [3.8, 4) is 29.3 Å². The molecular weight excluding hydrogens is 348 g/mol.